The molecule has 0 aliphatic carbocycles. The fourth-order valence-electron chi connectivity index (χ4n) is 3.41. The number of ether oxygens (including phenoxy) is 2. The third-order valence-electron chi connectivity index (χ3n) is 4.98. The lowest BCUT2D eigenvalue weighted by Crippen LogP contribution is -2.30. The highest BCUT2D eigenvalue weighted by Crippen LogP contribution is 2.28. The van der Waals surface area contributed by atoms with Crippen molar-refractivity contribution >= 4 is 29.1 Å². The van der Waals surface area contributed by atoms with E-state index >= 15 is 0 Å². The van der Waals surface area contributed by atoms with E-state index in [9.17, 15) is 14.4 Å². The van der Waals surface area contributed by atoms with Crippen LogP contribution in [-0.2, 0) is 14.3 Å². The molecule has 1 aliphatic rings. The normalized spacial score (nSPS) is 15.6. The van der Waals surface area contributed by atoms with Crippen molar-refractivity contribution in [2.45, 2.75) is 13.3 Å². The van der Waals surface area contributed by atoms with E-state index in [0.717, 1.165) is 11.4 Å². The van der Waals surface area contributed by atoms with Crippen molar-refractivity contribution in [1.29, 1.82) is 0 Å². The van der Waals surface area contributed by atoms with Gasteiger partial charge in [-0.05, 0) is 43.3 Å². The molecule has 2 N–H and O–H groups in total. The summed E-state index contributed by atoms with van der Waals surface area (Å²) in [5.41, 5.74) is 1.50. The zero-order valence-corrected chi connectivity index (χ0v) is 17.7. The van der Waals surface area contributed by atoms with Gasteiger partial charge in [-0.3, -0.25) is 14.4 Å². The summed E-state index contributed by atoms with van der Waals surface area (Å²) < 4.78 is 10.4. The Labute approximate surface area is 181 Å². The molecule has 3 rings (SSSR count). The number of carbonyl (C=O) groups is 3. The van der Waals surface area contributed by atoms with Gasteiger partial charge in [0.2, 0.25) is 11.8 Å². The SMILES string of the molecule is CCOc1ccc(N2CC(C(=O)Nc3ccccc3C(=O)NCCOC)CC2=O)cc1. The van der Waals surface area contributed by atoms with Crippen LogP contribution in [-0.4, -0.2) is 51.1 Å². The van der Waals surface area contributed by atoms with E-state index in [2.05, 4.69) is 10.6 Å². The largest absolute Gasteiger partial charge is 0.494 e. The molecular formula is C23H27N3O5. The van der Waals surface area contributed by atoms with Crippen LogP contribution >= 0.6 is 0 Å². The monoisotopic (exact) mass is 425 g/mol. The van der Waals surface area contributed by atoms with Gasteiger partial charge in [0.15, 0.2) is 0 Å². The summed E-state index contributed by atoms with van der Waals surface area (Å²) in [6, 6.07) is 14.0. The van der Waals surface area contributed by atoms with Gasteiger partial charge in [-0.1, -0.05) is 12.1 Å². The van der Waals surface area contributed by atoms with Crippen LogP contribution in [0.25, 0.3) is 0 Å². The van der Waals surface area contributed by atoms with E-state index in [1.807, 2.05) is 19.1 Å². The predicted octanol–water partition coefficient (Wildman–Crippen LogP) is 2.45. The zero-order valence-electron chi connectivity index (χ0n) is 17.7. The predicted molar refractivity (Wildman–Crippen MR) is 117 cm³/mol. The lowest BCUT2D eigenvalue weighted by atomic mass is 10.1. The minimum absolute atomic E-state index is 0.112. The summed E-state index contributed by atoms with van der Waals surface area (Å²) in [6.07, 6.45) is 0.112. The van der Waals surface area contributed by atoms with Crippen molar-refractivity contribution in [3.63, 3.8) is 0 Å². The smallest absolute Gasteiger partial charge is 0.253 e. The number of para-hydroxylation sites is 1. The summed E-state index contributed by atoms with van der Waals surface area (Å²) in [6.45, 7) is 3.51. The summed E-state index contributed by atoms with van der Waals surface area (Å²) in [7, 11) is 1.56. The van der Waals surface area contributed by atoms with Gasteiger partial charge in [0.25, 0.3) is 5.91 Å². The summed E-state index contributed by atoms with van der Waals surface area (Å²) >= 11 is 0. The summed E-state index contributed by atoms with van der Waals surface area (Å²) in [5.74, 6) is -0.489. The number of carbonyl (C=O) groups excluding carboxylic acids is 3. The van der Waals surface area contributed by atoms with Crippen LogP contribution < -0.4 is 20.3 Å². The van der Waals surface area contributed by atoms with Gasteiger partial charge in [0.05, 0.1) is 30.4 Å². The Morgan fingerprint density at radius 1 is 1.13 bits per heavy atom. The molecule has 0 saturated carbocycles. The molecule has 0 aromatic heterocycles. The highest BCUT2D eigenvalue weighted by atomic mass is 16.5. The van der Waals surface area contributed by atoms with E-state index in [4.69, 9.17) is 9.47 Å². The Morgan fingerprint density at radius 2 is 1.87 bits per heavy atom. The Hall–Kier alpha value is -3.39. The minimum atomic E-state index is -0.510. The molecular weight excluding hydrogens is 398 g/mol. The maximum Gasteiger partial charge on any atom is 0.253 e. The molecule has 1 fully saturated rings. The van der Waals surface area contributed by atoms with Gasteiger partial charge < -0.3 is 25.0 Å². The van der Waals surface area contributed by atoms with Gasteiger partial charge in [-0.15, -0.1) is 0 Å². The molecule has 164 valence electrons. The van der Waals surface area contributed by atoms with E-state index in [-0.39, 0.29) is 30.7 Å². The number of benzene rings is 2. The molecule has 8 heteroatoms. The second-order valence-electron chi connectivity index (χ2n) is 7.12. The van der Waals surface area contributed by atoms with E-state index in [1.165, 1.54) is 0 Å². The van der Waals surface area contributed by atoms with Crippen LogP contribution in [0.3, 0.4) is 0 Å². The average molecular weight is 425 g/mol. The molecule has 1 saturated heterocycles. The molecule has 1 heterocycles. The summed E-state index contributed by atoms with van der Waals surface area (Å²) in [5, 5.41) is 5.56. The topological polar surface area (TPSA) is 97.0 Å². The maximum absolute atomic E-state index is 12.8. The number of hydrogen-bond donors (Lipinski definition) is 2. The molecule has 8 nitrogen and oxygen atoms in total. The zero-order chi connectivity index (χ0) is 22.2. The van der Waals surface area contributed by atoms with Crippen molar-refractivity contribution in [1.82, 2.24) is 5.32 Å². The number of rotatable bonds is 9. The Morgan fingerprint density at radius 3 is 2.58 bits per heavy atom. The van der Waals surface area contributed by atoms with Gasteiger partial charge in [0, 0.05) is 32.3 Å². The van der Waals surface area contributed by atoms with Gasteiger partial charge >= 0.3 is 0 Å². The highest BCUT2D eigenvalue weighted by Gasteiger charge is 2.35. The molecule has 1 unspecified atom stereocenters. The van der Waals surface area contributed by atoms with E-state index < -0.39 is 5.92 Å². The number of amides is 3. The third kappa shape index (κ3) is 5.61. The van der Waals surface area contributed by atoms with Crippen LogP contribution in [0.5, 0.6) is 5.75 Å². The fourth-order valence-corrected chi connectivity index (χ4v) is 3.41. The maximum atomic E-state index is 12.8. The minimum Gasteiger partial charge on any atom is -0.494 e. The number of hydrogen-bond acceptors (Lipinski definition) is 5. The first-order valence-corrected chi connectivity index (χ1v) is 10.2. The molecule has 0 radical (unpaired) electrons. The second kappa shape index (κ2) is 10.6. The summed E-state index contributed by atoms with van der Waals surface area (Å²) in [4.78, 5) is 39.4. The number of anilines is 2. The first-order chi connectivity index (χ1) is 15.0. The first-order valence-electron chi connectivity index (χ1n) is 10.2. The fraction of sp³-hybridized carbons (Fsp3) is 0.348. The van der Waals surface area contributed by atoms with Gasteiger partial charge in [-0.25, -0.2) is 0 Å². The Balaban J connectivity index is 1.65. The first kappa shape index (κ1) is 22.3. The van der Waals surface area contributed by atoms with Crippen molar-refractivity contribution < 1.29 is 23.9 Å². The number of nitrogens with one attached hydrogen (secondary N) is 2. The van der Waals surface area contributed by atoms with Crippen LogP contribution in [0.1, 0.15) is 23.7 Å². The molecule has 1 atom stereocenters. The molecule has 2 aromatic rings. The van der Waals surface area contributed by atoms with Crippen LogP contribution in [0.15, 0.2) is 48.5 Å². The van der Waals surface area contributed by atoms with Crippen LogP contribution in [0.2, 0.25) is 0 Å². The number of nitrogens with zero attached hydrogens (tertiary/aromatic N) is 1. The second-order valence-corrected chi connectivity index (χ2v) is 7.12. The molecule has 0 spiro atoms. The van der Waals surface area contributed by atoms with E-state index in [0.29, 0.717) is 31.0 Å². The molecule has 0 bridgehead atoms. The van der Waals surface area contributed by atoms with E-state index in [1.54, 1.807) is 48.4 Å². The Kier molecular flexibility index (Phi) is 7.61. The number of methoxy groups -OCH3 is 1. The van der Waals surface area contributed by atoms with Crippen LogP contribution in [0, 0.1) is 5.92 Å². The molecule has 2 aromatic carbocycles. The molecule has 31 heavy (non-hydrogen) atoms. The molecule has 3 amide bonds. The highest BCUT2D eigenvalue weighted by molar-refractivity contribution is 6.07. The standard InChI is InChI=1S/C23H27N3O5/c1-3-31-18-10-8-17(9-11-18)26-15-16(14-21(26)27)22(28)25-20-7-5-4-6-19(20)23(29)24-12-13-30-2/h4-11,16H,3,12-15H2,1-2H3,(H,24,29)(H,25,28). The average Bonchev–Trinajstić information content (AvgIpc) is 3.17. The lowest BCUT2D eigenvalue weighted by Gasteiger charge is -2.17. The van der Waals surface area contributed by atoms with Crippen molar-refractivity contribution in [3.8, 4) is 5.75 Å². The van der Waals surface area contributed by atoms with Crippen LogP contribution in [0.4, 0.5) is 11.4 Å². The van der Waals surface area contributed by atoms with Crippen molar-refractivity contribution in [3.05, 3.63) is 54.1 Å². The molecule has 1 aliphatic heterocycles. The Bertz CT molecular complexity index is 929. The van der Waals surface area contributed by atoms with Crippen molar-refractivity contribution in [2.24, 2.45) is 5.92 Å². The quantitative estimate of drug-likeness (QED) is 0.602. The third-order valence-corrected chi connectivity index (χ3v) is 4.98. The van der Waals surface area contributed by atoms with Crippen molar-refractivity contribution in [2.75, 3.05) is 43.6 Å². The van der Waals surface area contributed by atoms with Gasteiger partial charge in [-0.2, -0.15) is 0 Å². The van der Waals surface area contributed by atoms with Gasteiger partial charge in [0.1, 0.15) is 5.75 Å². The lowest BCUT2D eigenvalue weighted by molar-refractivity contribution is -0.122.